The number of nitrogen functional groups attached to an aromatic ring is 1. The van der Waals surface area contributed by atoms with E-state index in [0.29, 0.717) is 6.61 Å². The summed E-state index contributed by atoms with van der Waals surface area (Å²) in [7, 11) is 0. The van der Waals surface area contributed by atoms with Crippen LogP contribution in [-0.2, 0) is 11.3 Å². The van der Waals surface area contributed by atoms with Gasteiger partial charge in [0.2, 0.25) is 0 Å². The highest BCUT2D eigenvalue weighted by Crippen LogP contribution is 2.02. The first-order valence-corrected chi connectivity index (χ1v) is 3.47. The summed E-state index contributed by atoms with van der Waals surface area (Å²) in [5, 5.41) is 0. The van der Waals surface area contributed by atoms with Gasteiger partial charge in [-0.2, -0.15) is 0 Å². The van der Waals surface area contributed by atoms with Gasteiger partial charge < -0.3 is 15.0 Å². The van der Waals surface area contributed by atoms with Gasteiger partial charge in [-0.3, -0.25) is 0 Å². The molecule has 0 saturated heterocycles. The van der Waals surface area contributed by atoms with Crippen molar-refractivity contribution in [2.24, 2.45) is 0 Å². The van der Waals surface area contributed by atoms with Crippen LogP contribution >= 0.6 is 0 Å². The Labute approximate surface area is 66.1 Å². The first kappa shape index (κ1) is 7.72. The SMILES string of the molecule is C=COCCn1cccc1N. The van der Waals surface area contributed by atoms with Crippen molar-refractivity contribution in [3.8, 4) is 0 Å². The zero-order valence-corrected chi connectivity index (χ0v) is 6.36. The number of aromatic nitrogens is 1. The predicted octanol–water partition coefficient (Wildman–Crippen LogP) is 1.23. The smallest absolute Gasteiger partial charge is 0.105 e. The number of anilines is 1. The van der Waals surface area contributed by atoms with Gasteiger partial charge in [-0.15, -0.1) is 0 Å². The second-order valence-electron chi connectivity index (χ2n) is 2.16. The fourth-order valence-corrected chi connectivity index (χ4v) is 0.865. The van der Waals surface area contributed by atoms with Gasteiger partial charge in [0.25, 0.3) is 0 Å². The van der Waals surface area contributed by atoms with Gasteiger partial charge in [-0.05, 0) is 12.1 Å². The molecule has 0 spiro atoms. The molecule has 3 heteroatoms. The van der Waals surface area contributed by atoms with Crippen molar-refractivity contribution in [1.29, 1.82) is 0 Å². The second-order valence-corrected chi connectivity index (χ2v) is 2.16. The summed E-state index contributed by atoms with van der Waals surface area (Å²) in [6.07, 6.45) is 3.35. The van der Waals surface area contributed by atoms with Crippen molar-refractivity contribution in [2.45, 2.75) is 6.54 Å². The van der Waals surface area contributed by atoms with E-state index in [1.807, 2.05) is 22.9 Å². The van der Waals surface area contributed by atoms with E-state index >= 15 is 0 Å². The second kappa shape index (κ2) is 3.71. The van der Waals surface area contributed by atoms with Gasteiger partial charge in [0.1, 0.15) is 12.4 Å². The molecule has 11 heavy (non-hydrogen) atoms. The van der Waals surface area contributed by atoms with Gasteiger partial charge >= 0.3 is 0 Å². The highest BCUT2D eigenvalue weighted by molar-refractivity contribution is 5.29. The molecule has 0 aliphatic carbocycles. The van der Waals surface area contributed by atoms with Crippen LogP contribution < -0.4 is 5.73 Å². The van der Waals surface area contributed by atoms with Crippen LogP contribution in [0.3, 0.4) is 0 Å². The van der Waals surface area contributed by atoms with Crippen LogP contribution in [0.2, 0.25) is 0 Å². The monoisotopic (exact) mass is 152 g/mol. The molecule has 0 radical (unpaired) electrons. The minimum atomic E-state index is 0.613. The van der Waals surface area contributed by atoms with Crippen LogP contribution in [-0.4, -0.2) is 11.2 Å². The normalized spacial score (nSPS) is 9.45. The molecule has 0 saturated carbocycles. The number of nitrogens with two attached hydrogens (primary N) is 1. The van der Waals surface area contributed by atoms with Crippen LogP contribution in [0.25, 0.3) is 0 Å². The number of ether oxygens (including phenoxy) is 1. The molecule has 0 unspecified atom stereocenters. The lowest BCUT2D eigenvalue weighted by molar-refractivity contribution is 0.237. The molecular formula is C8H12N2O. The lowest BCUT2D eigenvalue weighted by atomic mass is 10.6. The van der Waals surface area contributed by atoms with E-state index in [2.05, 4.69) is 6.58 Å². The molecule has 0 amide bonds. The van der Waals surface area contributed by atoms with Crippen molar-refractivity contribution < 1.29 is 4.74 Å². The maximum atomic E-state index is 5.60. The van der Waals surface area contributed by atoms with Crippen LogP contribution in [0.4, 0.5) is 5.82 Å². The van der Waals surface area contributed by atoms with E-state index in [1.165, 1.54) is 6.26 Å². The molecule has 0 bridgehead atoms. The number of hydrogen-bond donors (Lipinski definition) is 1. The fourth-order valence-electron chi connectivity index (χ4n) is 0.865. The van der Waals surface area contributed by atoms with Crippen LogP contribution in [0.15, 0.2) is 31.2 Å². The predicted molar refractivity (Wildman–Crippen MR) is 45.0 cm³/mol. The molecule has 0 atom stereocenters. The first-order chi connectivity index (χ1) is 5.34. The molecule has 1 heterocycles. The maximum absolute atomic E-state index is 5.60. The lowest BCUT2D eigenvalue weighted by Gasteiger charge is -2.04. The Morgan fingerprint density at radius 3 is 3.09 bits per heavy atom. The largest absolute Gasteiger partial charge is 0.500 e. The molecule has 0 aliphatic rings. The van der Waals surface area contributed by atoms with Crippen LogP contribution in [0, 0.1) is 0 Å². The van der Waals surface area contributed by atoms with Gasteiger partial charge in [-0.1, -0.05) is 6.58 Å². The Morgan fingerprint density at radius 2 is 2.55 bits per heavy atom. The molecule has 0 fully saturated rings. The van der Waals surface area contributed by atoms with Crippen molar-refractivity contribution in [3.05, 3.63) is 31.2 Å². The zero-order valence-electron chi connectivity index (χ0n) is 6.36. The highest BCUT2D eigenvalue weighted by atomic mass is 16.5. The molecule has 1 aromatic heterocycles. The van der Waals surface area contributed by atoms with Gasteiger partial charge in [0, 0.05) is 6.20 Å². The summed E-state index contributed by atoms with van der Waals surface area (Å²) >= 11 is 0. The standard InChI is InChI=1S/C8H12N2O/c1-2-11-7-6-10-5-3-4-8(10)9/h2-5H,1,6-7,9H2. The first-order valence-electron chi connectivity index (χ1n) is 3.47. The van der Waals surface area contributed by atoms with E-state index in [0.717, 1.165) is 12.4 Å². The molecule has 1 rings (SSSR count). The molecule has 2 N–H and O–H groups in total. The van der Waals surface area contributed by atoms with E-state index in [1.54, 1.807) is 0 Å². The molecule has 3 nitrogen and oxygen atoms in total. The molecular weight excluding hydrogens is 140 g/mol. The zero-order chi connectivity index (χ0) is 8.10. The van der Waals surface area contributed by atoms with Gasteiger partial charge in [0.15, 0.2) is 0 Å². The average Bonchev–Trinajstić information content (AvgIpc) is 2.37. The molecule has 1 aromatic rings. The van der Waals surface area contributed by atoms with Crippen molar-refractivity contribution in [2.75, 3.05) is 12.3 Å². The number of hydrogen-bond acceptors (Lipinski definition) is 2. The highest BCUT2D eigenvalue weighted by Gasteiger charge is 1.93. The third-order valence-corrected chi connectivity index (χ3v) is 1.43. The minimum absolute atomic E-state index is 0.613. The molecule has 60 valence electrons. The van der Waals surface area contributed by atoms with Crippen molar-refractivity contribution in [3.63, 3.8) is 0 Å². The summed E-state index contributed by atoms with van der Waals surface area (Å²) in [6.45, 7) is 4.82. The number of nitrogens with zero attached hydrogens (tertiary/aromatic N) is 1. The van der Waals surface area contributed by atoms with Crippen molar-refractivity contribution >= 4 is 5.82 Å². The van der Waals surface area contributed by atoms with E-state index < -0.39 is 0 Å². The third-order valence-electron chi connectivity index (χ3n) is 1.43. The summed E-state index contributed by atoms with van der Waals surface area (Å²) < 4.78 is 6.87. The minimum Gasteiger partial charge on any atom is -0.500 e. The Balaban J connectivity index is 2.38. The Morgan fingerprint density at radius 1 is 1.73 bits per heavy atom. The third kappa shape index (κ3) is 2.04. The Kier molecular flexibility index (Phi) is 2.60. The Bertz CT molecular complexity index is 230. The Hall–Kier alpha value is -1.38. The van der Waals surface area contributed by atoms with Gasteiger partial charge in [0.05, 0.1) is 12.8 Å². The van der Waals surface area contributed by atoms with Crippen LogP contribution in [0.1, 0.15) is 0 Å². The maximum Gasteiger partial charge on any atom is 0.105 e. The number of rotatable bonds is 4. The summed E-state index contributed by atoms with van der Waals surface area (Å²) in [5.41, 5.74) is 5.60. The van der Waals surface area contributed by atoms with E-state index in [-0.39, 0.29) is 0 Å². The van der Waals surface area contributed by atoms with Crippen LogP contribution in [0.5, 0.6) is 0 Å². The average molecular weight is 152 g/mol. The molecule has 0 aliphatic heterocycles. The molecule has 0 aromatic carbocycles. The summed E-state index contributed by atoms with van der Waals surface area (Å²) in [4.78, 5) is 0. The van der Waals surface area contributed by atoms with Crippen molar-refractivity contribution in [1.82, 2.24) is 4.57 Å². The summed E-state index contributed by atoms with van der Waals surface area (Å²) in [5.74, 6) is 0.762. The topological polar surface area (TPSA) is 40.2 Å². The quantitative estimate of drug-likeness (QED) is 0.520. The van der Waals surface area contributed by atoms with E-state index in [4.69, 9.17) is 10.5 Å². The van der Waals surface area contributed by atoms with Gasteiger partial charge in [-0.25, -0.2) is 0 Å². The summed E-state index contributed by atoms with van der Waals surface area (Å²) in [6, 6.07) is 3.76. The fraction of sp³-hybridized carbons (Fsp3) is 0.250. The van der Waals surface area contributed by atoms with E-state index in [9.17, 15) is 0 Å². The lowest BCUT2D eigenvalue weighted by Crippen LogP contribution is -2.05.